The Morgan fingerprint density at radius 3 is 2.57 bits per heavy atom. The summed E-state index contributed by atoms with van der Waals surface area (Å²) in [5.41, 5.74) is 5.63. The van der Waals surface area contributed by atoms with Crippen LogP contribution < -0.4 is 14.9 Å². The van der Waals surface area contributed by atoms with E-state index in [4.69, 9.17) is 32.7 Å². The van der Waals surface area contributed by atoms with Crippen LogP contribution in [0, 0.1) is 6.92 Å². The molecule has 0 aliphatic carbocycles. The summed E-state index contributed by atoms with van der Waals surface area (Å²) in [6, 6.07) is 18.0. The van der Waals surface area contributed by atoms with Gasteiger partial charge >= 0.3 is 0 Å². The van der Waals surface area contributed by atoms with Gasteiger partial charge in [-0.05, 0) is 60.0 Å². The Kier molecular flexibility index (Phi) is 7.33. The second-order valence-corrected chi connectivity index (χ2v) is 7.28. The van der Waals surface area contributed by atoms with Crippen molar-refractivity contribution in [1.29, 1.82) is 0 Å². The van der Waals surface area contributed by atoms with E-state index in [-0.39, 0.29) is 5.91 Å². The molecule has 0 radical (unpaired) electrons. The lowest BCUT2D eigenvalue weighted by atomic mass is 10.1. The van der Waals surface area contributed by atoms with Gasteiger partial charge in [0.05, 0.1) is 23.4 Å². The zero-order chi connectivity index (χ0) is 21.5. The van der Waals surface area contributed by atoms with Crippen molar-refractivity contribution in [2.24, 2.45) is 5.10 Å². The highest BCUT2D eigenvalue weighted by molar-refractivity contribution is 6.42. The maximum Gasteiger partial charge on any atom is 0.271 e. The van der Waals surface area contributed by atoms with E-state index in [2.05, 4.69) is 10.5 Å². The molecular weight excluding hydrogens is 423 g/mol. The summed E-state index contributed by atoms with van der Waals surface area (Å²) in [7, 11) is 1.56. The van der Waals surface area contributed by atoms with Gasteiger partial charge < -0.3 is 9.47 Å². The second kappa shape index (κ2) is 10.1. The molecule has 3 aromatic carbocycles. The highest BCUT2D eigenvalue weighted by Gasteiger charge is 2.08. The molecule has 0 atom stereocenters. The number of halogens is 2. The number of hydrogen-bond acceptors (Lipinski definition) is 4. The number of carbonyl (C=O) groups is 1. The van der Waals surface area contributed by atoms with E-state index in [0.717, 1.165) is 16.7 Å². The smallest absolute Gasteiger partial charge is 0.271 e. The fourth-order valence-corrected chi connectivity index (χ4v) is 3.05. The monoisotopic (exact) mass is 442 g/mol. The Balaban J connectivity index is 1.64. The van der Waals surface area contributed by atoms with E-state index in [9.17, 15) is 4.79 Å². The van der Waals surface area contributed by atoms with Crippen molar-refractivity contribution >= 4 is 35.3 Å². The van der Waals surface area contributed by atoms with Crippen LogP contribution in [0.2, 0.25) is 10.0 Å². The first-order valence-electron chi connectivity index (χ1n) is 9.11. The molecule has 0 saturated heterocycles. The van der Waals surface area contributed by atoms with Crippen LogP contribution >= 0.6 is 23.2 Å². The molecule has 1 amide bonds. The zero-order valence-corrected chi connectivity index (χ0v) is 18.0. The number of hydrogen-bond donors (Lipinski definition) is 1. The molecule has 3 rings (SSSR count). The third kappa shape index (κ3) is 5.53. The van der Waals surface area contributed by atoms with Crippen molar-refractivity contribution < 1.29 is 14.3 Å². The summed E-state index contributed by atoms with van der Waals surface area (Å²) in [5.74, 6) is 0.854. The van der Waals surface area contributed by atoms with Crippen LogP contribution in [0.1, 0.15) is 27.0 Å². The number of ether oxygens (including phenoxy) is 2. The average Bonchev–Trinajstić information content (AvgIpc) is 2.75. The minimum atomic E-state index is -0.266. The predicted octanol–water partition coefficient (Wildman–Crippen LogP) is 5.65. The second-order valence-electron chi connectivity index (χ2n) is 6.46. The first-order valence-corrected chi connectivity index (χ1v) is 9.87. The number of aryl methyl sites for hydroxylation is 1. The quantitative estimate of drug-likeness (QED) is 0.379. The van der Waals surface area contributed by atoms with Crippen molar-refractivity contribution in [2.45, 2.75) is 13.5 Å². The van der Waals surface area contributed by atoms with E-state index in [1.54, 1.807) is 43.7 Å². The minimum absolute atomic E-state index is 0.266. The molecule has 0 bridgehead atoms. The number of rotatable bonds is 7. The van der Waals surface area contributed by atoms with Crippen LogP contribution in [0.25, 0.3) is 0 Å². The van der Waals surface area contributed by atoms with Gasteiger partial charge in [-0.15, -0.1) is 0 Å². The predicted molar refractivity (Wildman–Crippen MR) is 120 cm³/mol. The topological polar surface area (TPSA) is 59.9 Å². The maximum atomic E-state index is 12.2. The molecule has 0 aromatic heterocycles. The molecule has 5 nitrogen and oxygen atoms in total. The molecule has 0 unspecified atom stereocenters. The van der Waals surface area contributed by atoms with Gasteiger partial charge in [-0.1, -0.05) is 47.5 Å². The fourth-order valence-electron chi connectivity index (χ4n) is 2.73. The van der Waals surface area contributed by atoms with E-state index in [1.165, 1.54) is 0 Å². The maximum absolute atomic E-state index is 12.2. The number of carbonyl (C=O) groups excluding carboxylic acids is 1. The van der Waals surface area contributed by atoms with Crippen molar-refractivity contribution in [3.05, 3.63) is 93.0 Å². The standard InChI is InChI=1S/C23H20Cl2N2O3/c1-15-5-3-4-6-18(15)23(28)27-26-13-16-8-10-21(22(12-16)29-2)30-14-17-7-9-19(24)20(25)11-17/h3-13H,14H2,1-2H3,(H,27,28)/b26-13-. The normalized spacial score (nSPS) is 10.8. The molecule has 0 fully saturated rings. The Morgan fingerprint density at radius 1 is 1.03 bits per heavy atom. The molecule has 3 aromatic rings. The highest BCUT2D eigenvalue weighted by Crippen LogP contribution is 2.29. The van der Waals surface area contributed by atoms with Crippen molar-refractivity contribution in [3.8, 4) is 11.5 Å². The molecule has 0 aliphatic heterocycles. The first kappa shape index (κ1) is 21.7. The van der Waals surface area contributed by atoms with Crippen LogP contribution in [0.15, 0.2) is 65.8 Å². The third-order valence-electron chi connectivity index (χ3n) is 4.34. The van der Waals surface area contributed by atoms with Crippen LogP contribution in [0.3, 0.4) is 0 Å². The van der Waals surface area contributed by atoms with Gasteiger partial charge in [0.2, 0.25) is 0 Å². The average molecular weight is 443 g/mol. The number of benzene rings is 3. The minimum Gasteiger partial charge on any atom is -0.493 e. The largest absolute Gasteiger partial charge is 0.493 e. The number of hydrazone groups is 1. The highest BCUT2D eigenvalue weighted by atomic mass is 35.5. The molecule has 7 heteroatoms. The Morgan fingerprint density at radius 2 is 1.83 bits per heavy atom. The van der Waals surface area contributed by atoms with Gasteiger partial charge in [0, 0.05) is 5.56 Å². The van der Waals surface area contributed by atoms with E-state index in [0.29, 0.717) is 33.7 Å². The summed E-state index contributed by atoms with van der Waals surface area (Å²) in [5, 5.41) is 5.00. The van der Waals surface area contributed by atoms with Crippen LogP contribution in [-0.2, 0) is 6.61 Å². The lowest BCUT2D eigenvalue weighted by molar-refractivity contribution is 0.0954. The lowest BCUT2D eigenvalue weighted by Crippen LogP contribution is -2.18. The molecule has 0 saturated carbocycles. The van der Waals surface area contributed by atoms with Gasteiger partial charge in [-0.3, -0.25) is 4.79 Å². The van der Waals surface area contributed by atoms with E-state index < -0.39 is 0 Å². The lowest BCUT2D eigenvalue weighted by Gasteiger charge is -2.12. The summed E-state index contributed by atoms with van der Waals surface area (Å²) in [6.07, 6.45) is 1.54. The SMILES string of the molecule is COc1cc(/C=N\NC(=O)c2ccccc2C)ccc1OCc1ccc(Cl)c(Cl)c1. The van der Waals surface area contributed by atoms with Crippen molar-refractivity contribution in [2.75, 3.05) is 7.11 Å². The van der Waals surface area contributed by atoms with Gasteiger partial charge in [0.1, 0.15) is 6.61 Å². The fraction of sp³-hybridized carbons (Fsp3) is 0.130. The summed E-state index contributed by atoms with van der Waals surface area (Å²) in [6.45, 7) is 2.19. The van der Waals surface area contributed by atoms with Crippen LogP contribution in [0.4, 0.5) is 0 Å². The van der Waals surface area contributed by atoms with E-state index in [1.807, 2.05) is 37.3 Å². The summed E-state index contributed by atoms with van der Waals surface area (Å²) < 4.78 is 11.2. The van der Waals surface area contributed by atoms with Gasteiger partial charge in [0.15, 0.2) is 11.5 Å². The molecule has 0 aliphatic rings. The van der Waals surface area contributed by atoms with Crippen LogP contribution in [-0.4, -0.2) is 19.2 Å². The number of nitrogens with zero attached hydrogens (tertiary/aromatic N) is 1. The van der Waals surface area contributed by atoms with Crippen LogP contribution in [0.5, 0.6) is 11.5 Å². The van der Waals surface area contributed by atoms with E-state index >= 15 is 0 Å². The Hall–Kier alpha value is -3.02. The Labute approximate surface area is 185 Å². The molecule has 0 spiro atoms. The van der Waals surface area contributed by atoms with Gasteiger partial charge in [-0.2, -0.15) is 5.10 Å². The van der Waals surface area contributed by atoms with Crippen molar-refractivity contribution in [1.82, 2.24) is 5.43 Å². The molecular formula is C23H20Cl2N2O3. The molecule has 154 valence electrons. The molecule has 30 heavy (non-hydrogen) atoms. The Bertz CT molecular complexity index is 1080. The summed E-state index contributed by atoms with van der Waals surface area (Å²) >= 11 is 12.0. The number of amides is 1. The number of nitrogens with one attached hydrogen (secondary N) is 1. The third-order valence-corrected chi connectivity index (χ3v) is 5.07. The molecule has 0 heterocycles. The van der Waals surface area contributed by atoms with Crippen molar-refractivity contribution in [3.63, 3.8) is 0 Å². The molecule has 1 N–H and O–H groups in total. The first-order chi connectivity index (χ1) is 14.5. The summed E-state index contributed by atoms with van der Waals surface area (Å²) in [4.78, 5) is 12.2. The zero-order valence-electron chi connectivity index (χ0n) is 16.5. The number of methoxy groups -OCH3 is 1. The van der Waals surface area contributed by atoms with Gasteiger partial charge in [-0.25, -0.2) is 5.43 Å². The van der Waals surface area contributed by atoms with Gasteiger partial charge in [0.25, 0.3) is 5.91 Å².